The number of hydrogen-bond donors (Lipinski definition) is 1. The molecule has 1 amide bonds. The van der Waals surface area contributed by atoms with E-state index in [-0.39, 0.29) is 18.5 Å². The van der Waals surface area contributed by atoms with Crippen molar-refractivity contribution in [2.45, 2.75) is 52.2 Å². The van der Waals surface area contributed by atoms with Crippen LogP contribution in [-0.2, 0) is 21.2 Å². The summed E-state index contributed by atoms with van der Waals surface area (Å²) >= 11 is 0. The van der Waals surface area contributed by atoms with E-state index in [1.807, 2.05) is 58.0 Å². The van der Waals surface area contributed by atoms with E-state index in [2.05, 4.69) is 5.32 Å². The highest BCUT2D eigenvalue weighted by molar-refractivity contribution is 7.92. The predicted molar refractivity (Wildman–Crippen MR) is 119 cm³/mol. The summed E-state index contributed by atoms with van der Waals surface area (Å²) in [5.74, 6) is 0.404. The monoisotopic (exact) mass is 430 g/mol. The zero-order valence-electron chi connectivity index (χ0n) is 18.2. The zero-order chi connectivity index (χ0) is 22.1. The molecule has 0 saturated carbocycles. The molecule has 162 valence electrons. The average Bonchev–Trinajstić information content (AvgIpc) is 2.64. The van der Waals surface area contributed by atoms with Crippen molar-refractivity contribution < 1.29 is 17.9 Å². The van der Waals surface area contributed by atoms with E-state index in [9.17, 15) is 13.2 Å². The summed E-state index contributed by atoms with van der Waals surface area (Å²) in [6.07, 6.45) is 2.57. The summed E-state index contributed by atoms with van der Waals surface area (Å²) in [4.78, 5) is 12.9. The zero-order valence-corrected chi connectivity index (χ0v) is 19.0. The van der Waals surface area contributed by atoms with Crippen LogP contribution in [0.2, 0.25) is 0 Å². The third-order valence-electron chi connectivity index (χ3n) is 5.28. The number of anilines is 1. The molecule has 7 heteroatoms. The molecule has 0 bridgehead atoms. The number of aryl methyl sites for hydroxylation is 2. The van der Waals surface area contributed by atoms with Gasteiger partial charge in [-0.05, 0) is 56.5 Å². The number of carbonyl (C=O) groups is 1. The molecule has 1 aliphatic rings. The van der Waals surface area contributed by atoms with E-state index in [1.54, 1.807) is 12.1 Å². The Morgan fingerprint density at radius 2 is 1.87 bits per heavy atom. The quantitative estimate of drug-likeness (QED) is 0.757. The Hall–Kier alpha value is -2.54. The molecule has 30 heavy (non-hydrogen) atoms. The number of rotatable bonds is 6. The largest absolute Gasteiger partial charge is 0.487 e. The molecule has 0 fully saturated rings. The van der Waals surface area contributed by atoms with Gasteiger partial charge in [0.15, 0.2) is 0 Å². The summed E-state index contributed by atoms with van der Waals surface area (Å²) in [5.41, 5.74) is 3.13. The molecule has 0 saturated heterocycles. The molecule has 6 nitrogen and oxygen atoms in total. The van der Waals surface area contributed by atoms with Crippen LogP contribution in [0.4, 0.5) is 5.69 Å². The van der Waals surface area contributed by atoms with Gasteiger partial charge < -0.3 is 10.1 Å². The number of hydrogen-bond acceptors (Lipinski definition) is 4. The van der Waals surface area contributed by atoms with Crippen LogP contribution in [0.3, 0.4) is 0 Å². The highest BCUT2D eigenvalue weighted by Gasteiger charge is 2.35. The van der Waals surface area contributed by atoms with Gasteiger partial charge in [-0.15, -0.1) is 0 Å². The average molecular weight is 431 g/mol. The van der Waals surface area contributed by atoms with E-state index >= 15 is 0 Å². The molecular formula is C23H30N2O4S. The molecule has 0 aliphatic carbocycles. The fraction of sp³-hybridized carbons (Fsp3) is 0.435. The van der Waals surface area contributed by atoms with Gasteiger partial charge in [0.25, 0.3) is 0 Å². The summed E-state index contributed by atoms with van der Waals surface area (Å²) in [6, 6.07) is 12.9. The maximum Gasteiger partial charge on any atom is 0.241 e. The van der Waals surface area contributed by atoms with E-state index in [0.29, 0.717) is 12.1 Å². The minimum Gasteiger partial charge on any atom is -0.487 e. The molecule has 3 rings (SSSR count). The molecule has 0 radical (unpaired) electrons. The van der Waals surface area contributed by atoms with Gasteiger partial charge in [0, 0.05) is 12.0 Å². The second-order valence-corrected chi connectivity index (χ2v) is 10.4. The van der Waals surface area contributed by atoms with Gasteiger partial charge in [-0.3, -0.25) is 9.10 Å². The van der Waals surface area contributed by atoms with E-state index in [1.165, 1.54) is 0 Å². The van der Waals surface area contributed by atoms with E-state index in [4.69, 9.17) is 4.74 Å². The van der Waals surface area contributed by atoms with Crippen molar-refractivity contribution in [2.75, 3.05) is 17.1 Å². The number of fused-ring (bicyclic) bond motifs is 1. The lowest BCUT2D eigenvalue weighted by molar-refractivity contribution is -0.120. The molecule has 1 atom stereocenters. The molecule has 1 N–H and O–H groups in total. The normalized spacial score (nSPS) is 17.6. The van der Waals surface area contributed by atoms with E-state index in [0.717, 1.165) is 39.4 Å². The molecule has 2 aromatic rings. The minimum atomic E-state index is -3.61. The van der Waals surface area contributed by atoms with Crippen LogP contribution in [0.15, 0.2) is 42.5 Å². The van der Waals surface area contributed by atoms with Gasteiger partial charge in [0.1, 0.15) is 17.9 Å². The van der Waals surface area contributed by atoms with Crippen LogP contribution in [0.25, 0.3) is 0 Å². The Morgan fingerprint density at radius 3 is 2.47 bits per heavy atom. The Bertz CT molecular complexity index is 1030. The highest BCUT2D eigenvalue weighted by Crippen LogP contribution is 2.39. The molecule has 0 spiro atoms. The number of sulfonamides is 1. The topological polar surface area (TPSA) is 75.7 Å². The Balaban J connectivity index is 1.82. The van der Waals surface area contributed by atoms with Crippen molar-refractivity contribution >= 4 is 21.6 Å². The summed E-state index contributed by atoms with van der Waals surface area (Å²) in [7, 11) is -3.61. The number of benzene rings is 2. The van der Waals surface area contributed by atoms with Crippen molar-refractivity contribution in [3.05, 3.63) is 59.2 Å². The third-order valence-corrected chi connectivity index (χ3v) is 6.42. The molecule has 2 aromatic carbocycles. The van der Waals surface area contributed by atoms with Gasteiger partial charge >= 0.3 is 0 Å². The predicted octanol–water partition coefficient (Wildman–Crippen LogP) is 3.74. The van der Waals surface area contributed by atoms with Gasteiger partial charge in [-0.1, -0.05) is 31.2 Å². The van der Waals surface area contributed by atoms with Gasteiger partial charge in [-0.25, -0.2) is 8.42 Å². The summed E-state index contributed by atoms with van der Waals surface area (Å²) < 4.78 is 32.0. The SMILES string of the molecule is CCc1ccc(N(CC(=O)N[C@@H]2CC(C)(C)Oc3cc(C)ccc32)S(C)(=O)=O)cc1. The van der Waals surface area contributed by atoms with Crippen LogP contribution in [0, 0.1) is 6.92 Å². The van der Waals surface area contributed by atoms with Crippen LogP contribution in [0.5, 0.6) is 5.75 Å². The number of ether oxygens (including phenoxy) is 1. The number of nitrogens with one attached hydrogen (secondary N) is 1. The maximum absolute atomic E-state index is 12.9. The lowest BCUT2D eigenvalue weighted by Crippen LogP contribution is -2.45. The smallest absolute Gasteiger partial charge is 0.241 e. The number of carbonyl (C=O) groups excluding carboxylic acids is 1. The Morgan fingerprint density at radius 1 is 1.20 bits per heavy atom. The van der Waals surface area contributed by atoms with Crippen molar-refractivity contribution in [1.29, 1.82) is 0 Å². The Labute approximate surface area is 179 Å². The summed E-state index contributed by atoms with van der Waals surface area (Å²) in [6.45, 7) is 7.71. The van der Waals surface area contributed by atoms with E-state index < -0.39 is 15.6 Å². The van der Waals surface area contributed by atoms with Crippen molar-refractivity contribution in [3.8, 4) is 5.75 Å². The second kappa shape index (κ2) is 8.30. The van der Waals surface area contributed by atoms with Crippen LogP contribution < -0.4 is 14.4 Å². The molecule has 1 aliphatic heterocycles. The lowest BCUT2D eigenvalue weighted by atomic mass is 9.89. The fourth-order valence-electron chi connectivity index (χ4n) is 3.76. The third kappa shape index (κ3) is 5.14. The highest BCUT2D eigenvalue weighted by atomic mass is 32.2. The molecule has 0 unspecified atom stereocenters. The fourth-order valence-corrected chi connectivity index (χ4v) is 4.61. The first-order chi connectivity index (χ1) is 14.0. The van der Waals surface area contributed by atoms with Crippen LogP contribution in [-0.4, -0.2) is 32.7 Å². The number of nitrogens with zero attached hydrogens (tertiary/aromatic N) is 1. The first-order valence-corrected chi connectivity index (χ1v) is 12.0. The molecular weight excluding hydrogens is 400 g/mol. The van der Waals surface area contributed by atoms with Crippen molar-refractivity contribution in [3.63, 3.8) is 0 Å². The first-order valence-electron chi connectivity index (χ1n) is 10.1. The maximum atomic E-state index is 12.9. The summed E-state index contributed by atoms with van der Waals surface area (Å²) in [5, 5.41) is 3.02. The molecule has 0 aromatic heterocycles. The van der Waals surface area contributed by atoms with Crippen molar-refractivity contribution in [2.24, 2.45) is 0 Å². The minimum absolute atomic E-state index is 0.249. The second-order valence-electron chi connectivity index (χ2n) is 8.52. The van der Waals surface area contributed by atoms with Gasteiger partial charge in [0.05, 0.1) is 18.0 Å². The van der Waals surface area contributed by atoms with Gasteiger partial charge in [-0.2, -0.15) is 0 Å². The first kappa shape index (κ1) is 22.2. The van der Waals surface area contributed by atoms with Gasteiger partial charge in [0.2, 0.25) is 15.9 Å². The lowest BCUT2D eigenvalue weighted by Gasteiger charge is -2.38. The Kier molecular flexibility index (Phi) is 6.13. The van der Waals surface area contributed by atoms with Crippen LogP contribution >= 0.6 is 0 Å². The molecule has 1 heterocycles. The number of amides is 1. The standard InChI is InChI=1S/C23H30N2O4S/c1-6-17-8-10-18(11-9-17)25(30(5,27)28)15-22(26)24-20-14-23(3,4)29-21-13-16(2)7-12-19(20)21/h7-13,20H,6,14-15H2,1-5H3,(H,24,26)/t20-/m1/s1. The van der Waals surface area contributed by atoms with Crippen molar-refractivity contribution in [1.82, 2.24) is 5.32 Å². The van der Waals surface area contributed by atoms with Crippen LogP contribution in [0.1, 0.15) is 49.9 Å².